The minimum Gasteiger partial charge on any atom is -0.458 e. The fraction of sp³-hybridized carbons (Fsp3) is 0.0164. The molecule has 312 valence electrons. The van der Waals surface area contributed by atoms with Crippen molar-refractivity contribution in [3.63, 3.8) is 0 Å². The van der Waals surface area contributed by atoms with Crippen LogP contribution in [0.4, 0.5) is 34.1 Å². The molecule has 65 heavy (non-hydrogen) atoms. The smallest absolute Gasteiger partial charge is 0.230 e. The van der Waals surface area contributed by atoms with Crippen LogP contribution < -0.4 is 19.3 Å². The third-order valence-electron chi connectivity index (χ3n) is 11.5. The Balaban J connectivity index is 0.857. The largest absolute Gasteiger partial charge is 0.458 e. The van der Waals surface area contributed by atoms with Gasteiger partial charge in [0.1, 0.15) is 11.5 Å². The van der Waals surface area contributed by atoms with Crippen LogP contribution in [0, 0.1) is 0 Å². The third-order valence-corrected chi connectivity index (χ3v) is 11.5. The Morgan fingerprint density at radius 1 is 0.277 bits per heavy atom. The quantitative estimate of drug-likeness (QED) is 0.0804. The molecule has 0 amide bonds. The van der Waals surface area contributed by atoms with Crippen molar-refractivity contribution >= 4 is 80.0 Å². The van der Waals surface area contributed by atoms with Crippen LogP contribution >= 0.6 is 0 Å². The van der Waals surface area contributed by atoms with Crippen LogP contribution in [0.2, 0.25) is 0 Å². The second-order valence-electron chi connectivity index (χ2n) is 15.7. The van der Waals surface area contributed by atoms with Crippen molar-refractivity contribution in [1.82, 2.24) is 0 Å². The van der Waals surface area contributed by atoms with E-state index >= 15 is 0 Å². The second-order valence-corrected chi connectivity index (χ2v) is 15.7. The first-order valence-corrected chi connectivity index (χ1v) is 21.9. The van der Waals surface area contributed by atoms with Crippen LogP contribution in [-0.4, -0.2) is 6.79 Å². The lowest BCUT2D eigenvalue weighted by Crippen LogP contribution is -2.11. The first kappa shape index (κ1) is 40.5. The molecule has 0 bridgehead atoms. The summed E-state index contributed by atoms with van der Waals surface area (Å²) >= 11 is 0. The Morgan fingerprint density at radius 2 is 0.585 bits per heavy atom. The van der Waals surface area contributed by atoms with Gasteiger partial charge in [0.05, 0.1) is 11.4 Å². The highest BCUT2D eigenvalue weighted by Gasteiger charge is 2.17. The van der Waals surface area contributed by atoms with Gasteiger partial charge in [0.2, 0.25) is 6.79 Å². The van der Waals surface area contributed by atoms with E-state index in [1.54, 1.807) is 0 Å². The molecule has 10 aromatic rings. The van der Waals surface area contributed by atoms with Gasteiger partial charge in [-0.1, -0.05) is 182 Å². The zero-order valence-corrected chi connectivity index (χ0v) is 35.8. The summed E-state index contributed by atoms with van der Waals surface area (Å²) in [6.45, 7) is 0.0642. The van der Waals surface area contributed by atoms with Crippen LogP contribution in [-0.2, 0) is 0 Å². The van der Waals surface area contributed by atoms with E-state index < -0.39 is 0 Å². The summed E-state index contributed by atoms with van der Waals surface area (Å²) in [7, 11) is 0. The molecule has 0 aromatic heterocycles. The molecule has 0 atom stereocenters. The maximum absolute atomic E-state index is 6.16. The number of ether oxygens (including phenoxy) is 2. The fourth-order valence-electron chi connectivity index (χ4n) is 8.19. The van der Waals surface area contributed by atoms with Gasteiger partial charge >= 0.3 is 0 Å². The molecule has 0 saturated carbocycles. The van der Waals surface area contributed by atoms with Gasteiger partial charge in [0, 0.05) is 33.5 Å². The number of benzene rings is 10. The van der Waals surface area contributed by atoms with Gasteiger partial charge in [-0.2, -0.15) is 0 Å². The van der Waals surface area contributed by atoms with Gasteiger partial charge in [0.15, 0.2) is 0 Å². The van der Waals surface area contributed by atoms with Crippen LogP contribution in [0.1, 0.15) is 22.3 Å². The summed E-state index contributed by atoms with van der Waals surface area (Å²) in [4.78, 5) is 4.60. The maximum Gasteiger partial charge on any atom is 0.230 e. The molecule has 0 aliphatic carbocycles. The monoisotopic (exact) mass is 838 g/mol. The molecular formula is C61H46N2O2. The Morgan fingerprint density at radius 3 is 0.969 bits per heavy atom. The number of rotatable bonds is 14. The molecule has 0 heterocycles. The highest BCUT2D eigenvalue weighted by Crippen LogP contribution is 2.41. The molecule has 4 heteroatoms. The van der Waals surface area contributed by atoms with Gasteiger partial charge in [-0.05, 0) is 118 Å². The summed E-state index contributed by atoms with van der Waals surface area (Å²) in [5, 5.41) is 4.72. The van der Waals surface area contributed by atoms with Crippen molar-refractivity contribution in [2.24, 2.45) is 0 Å². The number of anilines is 6. The normalized spacial score (nSPS) is 11.3. The molecule has 0 radical (unpaired) electrons. The first-order valence-electron chi connectivity index (χ1n) is 21.9. The zero-order chi connectivity index (χ0) is 43.6. The Hall–Kier alpha value is -8.60. The topological polar surface area (TPSA) is 24.9 Å². The van der Waals surface area contributed by atoms with Gasteiger partial charge in [-0.25, -0.2) is 0 Å². The number of hydrogen-bond acceptors (Lipinski definition) is 4. The number of fused-ring (bicyclic) bond motifs is 2. The van der Waals surface area contributed by atoms with Crippen molar-refractivity contribution in [2.75, 3.05) is 16.6 Å². The molecule has 0 saturated heterocycles. The Labute approximate surface area is 380 Å². The predicted octanol–water partition coefficient (Wildman–Crippen LogP) is 16.7. The third kappa shape index (κ3) is 9.43. The molecule has 0 N–H and O–H groups in total. The van der Waals surface area contributed by atoms with Gasteiger partial charge in [-0.3, -0.25) is 0 Å². The average Bonchev–Trinajstić information content (AvgIpc) is 3.38. The lowest BCUT2D eigenvalue weighted by Gasteiger charge is -2.27. The minimum atomic E-state index is 0.0642. The highest BCUT2D eigenvalue weighted by molar-refractivity contribution is 6.00. The van der Waals surface area contributed by atoms with Gasteiger partial charge in [0.25, 0.3) is 0 Å². The van der Waals surface area contributed by atoms with Crippen molar-refractivity contribution in [3.8, 4) is 11.5 Å². The summed E-state index contributed by atoms with van der Waals surface area (Å²) in [6.07, 6.45) is 8.58. The van der Waals surface area contributed by atoms with E-state index in [1.807, 2.05) is 36.4 Å². The van der Waals surface area contributed by atoms with E-state index in [0.29, 0.717) is 11.5 Å². The molecule has 0 fully saturated rings. The van der Waals surface area contributed by atoms with Crippen molar-refractivity contribution in [1.29, 1.82) is 0 Å². The van der Waals surface area contributed by atoms with Crippen molar-refractivity contribution < 1.29 is 9.47 Å². The van der Waals surface area contributed by atoms with Crippen LogP contribution in [0.3, 0.4) is 0 Å². The minimum absolute atomic E-state index is 0.0642. The molecule has 0 aliphatic heterocycles. The maximum atomic E-state index is 6.16. The standard InChI is InChI=1S/C61H46N2O2/c1-3-13-46(14-4-1)25-27-48-29-33-52(34-30-48)62(60-23-11-19-50-17-7-9-21-58(50)60)54-37-41-56(42-38-54)64-45-65-57-43-39-55(40-44-57)63(61-24-12-20-51-18-8-10-22-59(51)61)53-35-31-49(32-36-53)28-26-47-15-5-2-6-16-47/h1-44H,45H2/b27-25-,28-26+. The molecule has 0 spiro atoms. The summed E-state index contributed by atoms with van der Waals surface area (Å²) < 4.78 is 12.3. The van der Waals surface area contributed by atoms with Crippen LogP contribution in [0.15, 0.2) is 243 Å². The van der Waals surface area contributed by atoms with Crippen molar-refractivity contribution in [2.45, 2.75) is 0 Å². The molecule has 0 unspecified atom stereocenters. The molecule has 10 aromatic carbocycles. The first-order chi connectivity index (χ1) is 32.2. The van der Waals surface area contributed by atoms with E-state index in [9.17, 15) is 0 Å². The van der Waals surface area contributed by atoms with Crippen molar-refractivity contribution in [3.05, 3.63) is 265 Å². The van der Waals surface area contributed by atoms with E-state index in [4.69, 9.17) is 9.47 Å². The van der Waals surface area contributed by atoms with E-state index in [2.05, 4.69) is 240 Å². The Kier molecular flexibility index (Phi) is 12.0. The summed E-state index contributed by atoms with van der Waals surface area (Å²) in [5.74, 6) is 1.43. The van der Waals surface area contributed by atoms with E-state index in [-0.39, 0.29) is 6.79 Å². The van der Waals surface area contributed by atoms with Gasteiger partial charge in [-0.15, -0.1) is 0 Å². The fourth-order valence-corrected chi connectivity index (χ4v) is 8.19. The number of nitrogens with zero attached hydrogens (tertiary/aromatic N) is 2. The predicted molar refractivity (Wildman–Crippen MR) is 274 cm³/mol. The lowest BCUT2D eigenvalue weighted by atomic mass is 10.1. The summed E-state index contributed by atoms with van der Waals surface area (Å²) in [5.41, 5.74) is 11.0. The number of hydrogen-bond donors (Lipinski definition) is 0. The van der Waals surface area contributed by atoms with Crippen LogP contribution in [0.5, 0.6) is 11.5 Å². The Bertz CT molecular complexity index is 2970. The molecule has 10 rings (SSSR count). The second kappa shape index (κ2) is 19.2. The summed E-state index contributed by atoms with van der Waals surface area (Å²) in [6, 6.07) is 84.5. The SMILES string of the molecule is C(=C/c1ccc(N(c2ccc(OCOc3ccc(N(c4ccc(/C=C/c5ccccc5)cc4)c4cccc5ccccc45)cc3)cc2)c2cccc3ccccc23)cc1)/c1ccccc1. The highest BCUT2D eigenvalue weighted by atomic mass is 16.7. The van der Waals surface area contributed by atoms with Gasteiger partial charge < -0.3 is 19.3 Å². The zero-order valence-electron chi connectivity index (χ0n) is 35.8. The van der Waals surface area contributed by atoms with E-state index in [0.717, 1.165) is 45.3 Å². The molecule has 0 aliphatic rings. The van der Waals surface area contributed by atoms with Crippen LogP contribution in [0.25, 0.3) is 45.8 Å². The van der Waals surface area contributed by atoms with E-state index in [1.165, 1.54) is 32.7 Å². The lowest BCUT2D eigenvalue weighted by molar-refractivity contribution is 0.120. The molecular weight excluding hydrogens is 793 g/mol. The molecule has 4 nitrogen and oxygen atoms in total. The average molecular weight is 839 g/mol.